The average Bonchev–Trinajstić information content (AvgIpc) is 2.52. The minimum atomic E-state index is -1.21. The van der Waals surface area contributed by atoms with E-state index in [-0.39, 0.29) is 0 Å². The number of halogens is 1. The lowest BCUT2D eigenvalue weighted by Crippen LogP contribution is -2.35. The Morgan fingerprint density at radius 3 is 2.32 bits per heavy atom. The minimum Gasteiger partial charge on any atom is -0.390 e. The number of aliphatic hydroxyl groups is 2. The number of rotatable bonds is 7. The fourth-order valence-electron chi connectivity index (χ4n) is 2.14. The van der Waals surface area contributed by atoms with E-state index in [0.717, 1.165) is 5.56 Å². The van der Waals surface area contributed by atoms with Crippen LogP contribution in [0.25, 0.3) is 0 Å². The molecule has 0 aliphatic carbocycles. The van der Waals surface area contributed by atoms with E-state index in [0.29, 0.717) is 17.1 Å². The maximum atomic E-state index is 9.99. The van der Waals surface area contributed by atoms with Gasteiger partial charge in [0, 0.05) is 17.1 Å². The van der Waals surface area contributed by atoms with Gasteiger partial charge in [0.25, 0.3) is 0 Å². The quantitative estimate of drug-likeness (QED) is 0.686. The normalized spacial score (nSPS) is 15.3. The first-order valence-electron chi connectivity index (χ1n) is 7.11. The number of nitrogens with one attached hydrogen (secondary N) is 1. The summed E-state index contributed by atoms with van der Waals surface area (Å²) in [4.78, 5) is 0. The summed E-state index contributed by atoms with van der Waals surface area (Å²) >= 11 is 6.13. The Kier molecular flexibility index (Phi) is 6.36. The van der Waals surface area contributed by atoms with Crippen LogP contribution in [0.2, 0.25) is 5.02 Å². The lowest BCUT2D eigenvalue weighted by Gasteiger charge is -2.25. The molecule has 0 aliphatic rings. The van der Waals surface area contributed by atoms with Crippen molar-refractivity contribution < 1.29 is 14.9 Å². The topological polar surface area (TPSA) is 61.7 Å². The van der Waals surface area contributed by atoms with Crippen molar-refractivity contribution in [2.75, 3.05) is 0 Å². The highest BCUT2D eigenvalue weighted by molar-refractivity contribution is 6.31. The van der Waals surface area contributed by atoms with Crippen LogP contribution in [0.4, 0.5) is 0 Å². The van der Waals surface area contributed by atoms with Crippen molar-refractivity contribution >= 4 is 11.6 Å². The van der Waals surface area contributed by atoms with Gasteiger partial charge in [0.05, 0.1) is 6.10 Å². The van der Waals surface area contributed by atoms with Crippen LogP contribution in [0.15, 0.2) is 54.6 Å². The van der Waals surface area contributed by atoms with Crippen LogP contribution >= 0.6 is 11.6 Å². The third-order valence-corrected chi connectivity index (χ3v) is 3.59. The highest BCUT2D eigenvalue weighted by atomic mass is 35.5. The van der Waals surface area contributed by atoms with E-state index in [1.165, 1.54) is 0 Å². The highest BCUT2D eigenvalue weighted by Crippen LogP contribution is 2.28. The molecule has 0 saturated carbocycles. The number of hydrogen-bond donors (Lipinski definition) is 3. The van der Waals surface area contributed by atoms with Gasteiger partial charge >= 0.3 is 0 Å². The second-order valence-corrected chi connectivity index (χ2v) is 5.44. The van der Waals surface area contributed by atoms with Crippen molar-refractivity contribution in [2.24, 2.45) is 0 Å². The fourth-order valence-corrected chi connectivity index (χ4v) is 2.38. The summed E-state index contributed by atoms with van der Waals surface area (Å²) in [5, 5.41) is 23.2. The second kappa shape index (κ2) is 8.27. The standard InChI is InChI=1S/C17H20ClNO3/c1-12(20)16(14-9-5-6-10-15(14)18)22-17(21)19-11-13-7-3-2-4-8-13/h2-10,12,16-17,19-21H,11H2,1H3/t12-,16+,17?/m0/s1. The minimum absolute atomic E-state index is 0.455. The zero-order chi connectivity index (χ0) is 15.9. The summed E-state index contributed by atoms with van der Waals surface area (Å²) in [5.41, 5.74) is 1.66. The third kappa shape index (κ3) is 4.80. The van der Waals surface area contributed by atoms with Crippen LogP contribution in [-0.2, 0) is 11.3 Å². The average molecular weight is 322 g/mol. The maximum Gasteiger partial charge on any atom is 0.214 e. The third-order valence-electron chi connectivity index (χ3n) is 3.25. The lowest BCUT2D eigenvalue weighted by atomic mass is 10.1. The molecule has 22 heavy (non-hydrogen) atoms. The Balaban J connectivity index is 1.98. The SMILES string of the molecule is C[C@H](O)[C@@H](OC(O)NCc1ccccc1)c1ccccc1Cl. The number of ether oxygens (including phenoxy) is 1. The molecule has 0 heterocycles. The predicted octanol–water partition coefficient (Wildman–Crippen LogP) is 2.84. The highest BCUT2D eigenvalue weighted by Gasteiger charge is 2.23. The number of benzene rings is 2. The predicted molar refractivity (Wildman–Crippen MR) is 86.2 cm³/mol. The van der Waals surface area contributed by atoms with Crippen LogP contribution in [-0.4, -0.2) is 22.7 Å². The zero-order valence-corrected chi connectivity index (χ0v) is 13.1. The molecule has 0 radical (unpaired) electrons. The van der Waals surface area contributed by atoms with Gasteiger partial charge in [-0.05, 0) is 18.6 Å². The van der Waals surface area contributed by atoms with Gasteiger partial charge in [0.1, 0.15) is 6.10 Å². The van der Waals surface area contributed by atoms with Gasteiger partial charge in [0.15, 0.2) is 0 Å². The van der Waals surface area contributed by atoms with E-state index in [4.69, 9.17) is 16.3 Å². The van der Waals surface area contributed by atoms with Crippen molar-refractivity contribution in [3.05, 3.63) is 70.7 Å². The molecule has 2 rings (SSSR count). The molecule has 2 aromatic carbocycles. The van der Waals surface area contributed by atoms with Gasteiger partial charge in [-0.3, -0.25) is 5.32 Å². The molecule has 0 aliphatic heterocycles. The first kappa shape index (κ1) is 16.9. The van der Waals surface area contributed by atoms with Crippen molar-refractivity contribution in [1.82, 2.24) is 5.32 Å². The summed E-state index contributed by atoms with van der Waals surface area (Å²) in [6, 6.07) is 16.8. The molecule has 4 nitrogen and oxygen atoms in total. The van der Waals surface area contributed by atoms with Gasteiger partial charge in [-0.15, -0.1) is 0 Å². The van der Waals surface area contributed by atoms with Crippen LogP contribution in [0, 0.1) is 0 Å². The molecule has 1 unspecified atom stereocenters. The summed E-state index contributed by atoms with van der Waals surface area (Å²) < 4.78 is 5.51. The Morgan fingerprint density at radius 1 is 1.05 bits per heavy atom. The molecule has 0 spiro atoms. The maximum absolute atomic E-state index is 9.99. The Hall–Kier alpha value is -1.43. The number of aliphatic hydroxyl groups excluding tert-OH is 2. The van der Waals surface area contributed by atoms with E-state index in [2.05, 4.69) is 5.32 Å². The Labute approximate surface area is 135 Å². The molecule has 0 bridgehead atoms. The van der Waals surface area contributed by atoms with E-state index >= 15 is 0 Å². The Bertz CT molecular complexity index is 577. The molecule has 118 valence electrons. The largest absolute Gasteiger partial charge is 0.390 e. The Morgan fingerprint density at radius 2 is 1.68 bits per heavy atom. The van der Waals surface area contributed by atoms with Crippen LogP contribution in [0.1, 0.15) is 24.2 Å². The molecular formula is C17H20ClNO3. The summed E-state index contributed by atoms with van der Waals surface area (Å²) in [7, 11) is 0. The van der Waals surface area contributed by atoms with Crippen molar-refractivity contribution in [3.63, 3.8) is 0 Å². The van der Waals surface area contributed by atoms with Crippen LogP contribution < -0.4 is 5.32 Å². The zero-order valence-electron chi connectivity index (χ0n) is 12.3. The van der Waals surface area contributed by atoms with Gasteiger partial charge in [0.2, 0.25) is 6.41 Å². The fraction of sp³-hybridized carbons (Fsp3) is 0.294. The molecule has 0 saturated heterocycles. The second-order valence-electron chi connectivity index (χ2n) is 5.04. The van der Waals surface area contributed by atoms with Crippen molar-refractivity contribution in [3.8, 4) is 0 Å². The molecule has 2 aromatic rings. The smallest absolute Gasteiger partial charge is 0.214 e. The monoisotopic (exact) mass is 321 g/mol. The first-order chi connectivity index (χ1) is 10.6. The molecular weight excluding hydrogens is 302 g/mol. The van der Waals surface area contributed by atoms with Gasteiger partial charge in [-0.25, -0.2) is 0 Å². The molecule has 0 amide bonds. The first-order valence-corrected chi connectivity index (χ1v) is 7.49. The summed E-state index contributed by atoms with van der Waals surface area (Å²) in [5.74, 6) is 0. The molecule has 5 heteroatoms. The van der Waals surface area contributed by atoms with Crippen molar-refractivity contribution in [1.29, 1.82) is 0 Å². The van der Waals surface area contributed by atoms with E-state index in [9.17, 15) is 10.2 Å². The lowest BCUT2D eigenvalue weighted by molar-refractivity contribution is -0.180. The summed E-state index contributed by atoms with van der Waals surface area (Å²) in [6.07, 6.45) is -2.74. The molecule has 0 aromatic heterocycles. The van der Waals surface area contributed by atoms with Crippen LogP contribution in [0.3, 0.4) is 0 Å². The van der Waals surface area contributed by atoms with Gasteiger partial charge in [-0.2, -0.15) is 0 Å². The van der Waals surface area contributed by atoms with Gasteiger partial charge < -0.3 is 14.9 Å². The summed E-state index contributed by atoms with van der Waals surface area (Å²) in [6.45, 7) is 2.05. The van der Waals surface area contributed by atoms with Crippen molar-refractivity contribution in [2.45, 2.75) is 32.1 Å². The van der Waals surface area contributed by atoms with E-state index < -0.39 is 18.6 Å². The van der Waals surface area contributed by atoms with E-state index in [1.807, 2.05) is 36.4 Å². The number of hydrogen-bond acceptors (Lipinski definition) is 4. The van der Waals surface area contributed by atoms with Gasteiger partial charge in [-0.1, -0.05) is 60.1 Å². The molecule has 3 atom stereocenters. The molecule has 3 N–H and O–H groups in total. The van der Waals surface area contributed by atoms with Crippen LogP contribution in [0.5, 0.6) is 0 Å². The van der Waals surface area contributed by atoms with E-state index in [1.54, 1.807) is 25.1 Å². The molecule has 0 fully saturated rings.